The summed E-state index contributed by atoms with van der Waals surface area (Å²) in [5, 5.41) is 17.1. The van der Waals surface area contributed by atoms with E-state index < -0.39 is 71.7 Å². The van der Waals surface area contributed by atoms with Crippen molar-refractivity contribution in [2.75, 3.05) is 27.3 Å². The van der Waals surface area contributed by atoms with Crippen LogP contribution in [0.4, 0.5) is 0 Å². The van der Waals surface area contributed by atoms with Crippen molar-refractivity contribution in [3.63, 3.8) is 0 Å². The molecule has 3 unspecified atom stereocenters. The van der Waals surface area contributed by atoms with Crippen LogP contribution in [0.25, 0.3) is 10.9 Å². The molecule has 1 aromatic heterocycles. The standard InChI is InChI=1S/C42H61N5O10/c1-10-33-42(7)37(45-40(43)57-42)26(5)35(48)23(2)19-41(6)34(56-39-36(49)31(47(8)9)17-24(3)54-39)18-32(25(4)38(50)55-33)51-20-29(21-52-41)46-53-22-28-16-15-27-13-11-12-14-30(27)44-28/h11-16,23-26,31-34,36-37,39,49H,10,17-22H2,1-9H3,(H2,43,45)/b46-29+/t23-,24-,25-,26+,31+,32-,33-,34-,36-,37?,39?,41+,42?/m1/s1. The van der Waals surface area contributed by atoms with Crippen LogP contribution in [0.3, 0.4) is 0 Å². The van der Waals surface area contributed by atoms with E-state index in [0.717, 1.165) is 10.9 Å². The second-order valence-corrected chi connectivity index (χ2v) is 16.9. The minimum absolute atomic E-state index is 0.0332. The monoisotopic (exact) mass is 795 g/mol. The van der Waals surface area contributed by atoms with E-state index in [0.29, 0.717) is 24.2 Å². The minimum atomic E-state index is -1.20. The number of pyridine rings is 1. The summed E-state index contributed by atoms with van der Waals surface area (Å²) >= 11 is 0. The van der Waals surface area contributed by atoms with E-state index in [2.05, 4.69) is 10.1 Å². The first-order chi connectivity index (χ1) is 27.0. The van der Waals surface area contributed by atoms with E-state index >= 15 is 0 Å². The number of carbonyl (C=O) groups is 2. The number of ether oxygens (including phenoxy) is 6. The van der Waals surface area contributed by atoms with Crippen molar-refractivity contribution in [1.29, 1.82) is 0 Å². The lowest BCUT2D eigenvalue weighted by Gasteiger charge is -2.46. The molecule has 1 aromatic carbocycles. The number of para-hydroxylation sites is 1. The predicted molar refractivity (Wildman–Crippen MR) is 212 cm³/mol. The molecule has 3 saturated heterocycles. The molecule has 6 rings (SSSR count). The van der Waals surface area contributed by atoms with Crippen LogP contribution in [-0.4, -0.2) is 126 Å². The Labute approximate surface area is 335 Å². The van der Waals surface area contributed by atoms with Crippen molar-refractivity contribution in [2.24, 2.45) is 33.6 Å². The van der Waals surface area contributed by atoms with Crippen LogP contribution in [0.15, 0.2) is 46.5 Å². The number of Topliss-reactive ketones (excluding diaryl/α,β-unsaturated/α-hetero) is 1. The number of nitrogens with zero attached hydrogens (tertiary/aromatic N) is 4. The Balaban J connectivity index is 1.37. The van der Waals surface area contributed by atoms with Crippen molar-refractivity contribution in [3.8, 4) is 0 Å². The SMILES string of the molecule is CC[C@H]1OC(=O)[C@H](C)[C@H]2C[C@@H](OC3O[C@H](C)C[C@H](N(C)C)[C@H]3O)[C@](C)(C[C@@H](C)C(=O)[C@H](C)C3N=C(N)OC31C)OC/C(=N/OCc1ccc3ccccc3n1)CO2. The Kier molecular flexibility index (Phi) is 13.3. The number of aliphatic hydroxyl groups excluding tert-OH is 1. The third-order valence-corrected chi connectivity index (χ3v) is 12.3. The molecule has 0 saturated carbocycles. The largest absolute Gasteiger partial charge is 0.458 e. The Hall–Kier alpha value is -3.73. The summed E-state index contributed by atoms with van der Waals surface area (Å²) in [7, 11) is 3.82. The highest BCUT2D eigenvalue weighted by Gasteiger charge is 2.55. The molecular formula is C42H61N5O10. The molecule has 3 fully saturated rings. The highest BCUT2D eigenvalue weighted by Crippen LogP contribution is 2.41. The van der Waals surface area contributed by atoms with Crippen LogP contribution in [0.2, 0.25) is 0 Å². The zero-order valence-corrected chi connectivity index (χ0v) is 34.8. The fraction of sp³-hybridized carbons (Fsp3) is 0.690. The lowest BCUT2D eigenvalue weighted by Crippen LogP contribution is -2.58. The van der Waals surface area contributed by atoms with Crippen LogP contribution in [0.1, 0.15) is 79.8 Å². The molecule has 2 aromatic rings. The maximum absolute atomic E-state index is 14.5. The van der Waals surface area contributed by atoms with E-state index in [9.17, 15) is 14.7 Å². The summed E-state index contributed by atoms with van der Waals surface area (Å²) in [6.07, 6.45) is -3.33. The molecule has 314 valence electrons. The molecule has 3 N–H and O–H groups in total. The molecule has 4 aliphatic rings. The molecule has 0 aliphatic carbocycles. The van der Waals surface area contributed by atoms with Gasteiger partial charge >= 0.3 is 5.97 Å². The van der Waals surface area contributed by atoms with Crippen molar-refractivity contribution in [3.05, 3.63) is 42.1 Å². The zero-order chi connectivity index (χ0) is 41.2. The quantitative estimate of drug-likeness (QED) is 0.301. The Morgan fingerprint density at radius 3 is 2.53 bits per heavy atom. The summed E-state index contributed by atoms with van der Waals surface area (Å²) in [4.78, 5) is 45.8. The maximum atomic E-state index is 14.5. The second kappa shape index (κ2) is 17.6. The average Bonchev–Trinajstić information content (AvgIpc) is 3.52. The number of esters is 1. The van der Waals surface area contributed by atoms with Gasteiger partial charge in [-0.3, -0.25) is 9.59 Å². The summed E-state index contributed by atoms with van der Waals surface area (Å²) in [5.41, 5.74) is 5.72. The van der Waals surface area contributed by atoms with Gasteiger partial charge in [-0.05, 0) is 73.2 Å². The number of likely N-dealkylation sites (N-methyl/N-ethyl adjacent to an activating group) is 1. The van der Waals surface area contributed by atoms with E-state index in [4.69, 9.17) is 44.0 Å². The number of fused-ring (bicyclic) bond motifs is 5. The fourth-order valence-electron chi connectivity index (χ4n) is 8.86. The lowest BCUT2D eigenvalue weighted by molar-refractivity contribution is -0.294. The van der Waals surface area contributed by atoms with Crippen molar-refractivity contribution >= 4 is 34.4 Å². The summed E-state index contributed by atoms with van der Waals surface area (Å²) in [6, 6.07) is 10.7. The number of carbonyl (C=O) groups excluding carboxylic acids is 2. The number of hydrogen-bond donors (Lipinski definition) is 2. The minimum Gasteiger partial charge on any atom is -0.458 e. The highest BCUT2D eigenvalue weighted by molar-refractivity contribution is 5.87. The number of rotatable bonds is 7. The van der Waals surface area contributed by atoms with Gasteiger partial charge in [0.1, 0.15) is 29.7 Å². The number of ketones is 1. The van der Waals surface area contributed by atoms with Crippen molar-refractivity contribution in [1.82, 2.24) is 9.88 Å². The highest BCUT2D eigenvalue weighted by atomic mass is 16.7. The first-order valence-electron chi connectivity index (χ1n) is 20.2. The molecule has 0 radical (unpaired) electrons. The summed E-state index contributed by atoms with van der Waals surface area (Å²) < 4.78 is 38.8. The molecular weight excluding hydrogens is 734 g/mol. The molecule has 4 aliphatic heterocycles. The number of oxime groups is 1. The van der Waals surface area contributed by atoms with Gasteiger partial charge in [-0.15, -0.1) is 0 Å². The van der Waals surface area contributed by atoms with Gasteiger partial charge in [0.25, 0.3) is 6.02 Å². The summed E-state index contributed by atoms with van der Waals surface area (Å²) in [5.74, 6) is -2.66. The zero-order valence-electron chi connectivity index (χ0n) is 34.8. The number of aliphatic imine (C=N–C) groups is 1. The lowest BCUT2D eigenvalue weighted by atomic mass is 9.75. The number of nitrogens with two attached hydrogens (primary N) is 1. The van der Waals surface area contributed by atoms with E-state index in [1.165, 1.54) is 0 Å². The normalized spacial score (nSPS) is 39.0. The third-order valence-electron chi connectivity index (χ3n) is 12.3. The third kappa shape index (κ3) is 9.29. The Morgan fingerprint density at radius 1 is 1.04 bits per heavy atom. The number of aliphatic hydroxyl groups is 1. The first kappa shape index (κ1) is 42.9. The van der Waals surface area contributed by atoms with E-state index in [1.807, 2.05) is 90.0 Å². The van der Waals surface area contributed by atoms with Gasteiger partial charge in [-0.25, -0.2) is 9.98 Å². The average molecular weight is 796 g/mol. The van der Waals surface area contributed by atoms with Gasteiger partial charge < -0.3 is 49.0 Å². The fourth-order valence-corrected chi connectivity index (χ4v) is 8.86. The smallest absolute Gasteiger partial charge is 0.311 e. The van der Waals surface area contributed by atoms with Crippen LogP contribution < -0.4 is 5.73 Å². The Bertz CT molecular complexity index is 1810. The van der Waals surface area contributed by atoms with Crippen LogP contribution >= 0.6 is 0 Å². The molecule has 2 bridgehead atoms. The van der Waals surface area contributed by atoms with Gasteiger partial charge in [0.05, 0.1) is 54.3 Å². The van der Waals surface area contributed by atoms with Gasteiger partial charge in [0, 0.05) is 29.7 Å². The molecule has 0 spiro atoms. The molecule has 15 nitrogen and oxygen atoms in total. The molecule has 15 heteroatoms. The Morgan fingerprint density at radius 2 is 1.79 bits per heavy atom. The van der Waals surface area contributed by atoms with E-state index in [-0.39, 0.29) is 56.6 Å². The van der Waals surface area contributed by atoms with Gasteiger partial charge in [0.15, 0.2) is 18.5 Å². The number of hydrogen-bond acceptors (Lipinski definition) is 15. The van der Waals surface area contributed by atoms with Gasteiger partial charge in [0.2, 0.25) is 0 Å². The predicted octanol–water partition coefficient (Wildman–Crippen LogP) is 4.16. The van der Waals surface area contributed by atoms with E-state index in [1.54, 1.807) is 13.8 Å². The van der Waals surface area contributed by atoms with Gasteiger partial charge in [-0.1, -0.05) is 50.2 Å². The van der Waals surface area contributed by atoms with Crippen LogP contribution in [0.5, 0.6) is 0 Å². The molecule has 13 atom stereocenters. The number of aromatic nitrogens is 1. The number of amidine groups is 1. The molecule has 5 heterocycles. The van der Waals surface area contributed by atoms with Gasteiger partial charge in [-0.2, -0.15) is 0 Å². The van der Waals surface area contributed by atoms with Crippen molar-refractivity contribution < 1.29 is 48.0 Å². The second-order valence-electron chi connectivity index (χ2n) is 16.9. The number of benzene rings is 1. The van der Waals surface area contributed by atoms with Crippen LogP contribution in [-0.2, 0) is 49.5 Å². The topological polar surface area (TPSA) is 186 Å². The number of cyclic esters (lactones) is 1. The molecule has 0 amide bonds. The first-order valence-corrected chi connectivity index (χ1v) is 20.2. The van der Waals surface area contributed by atoms with Crippen LogP contribution in [0, 0.1) is 17.8 Å². The summed E-state index contributed by atoms with van der Waals surface area (Å²) in [6.45, 7) is 13.0. The maximum Gasteiger partial charge on any atom is 0.311 e. The van der Waals surface area contributed by atoms with Crippen molar-refractivity contribution in [2.45, 2.75) is 141 Å². The molecule has 57 heavy (non-hydrogen) atoms.